The Morgan fingerprint density at radius 1 is 1.50 bits per heavy atom. The molecule has 0 saturated carbocycles. The van der Waals surface area contributed by atoms with Gasteiger partial charge in [-0.2, -0.15) is 0 Å². The first-order chi connectivity index (χ1) is 8.74. The van der Waals surface area contributed by atoms with Crippen molar-refractivity contribution in [3.05, 3.63) is 28.2 Å². The molecule has 0 bridgehead atoms. The van der Waals surface area contributed by atoms with Gasteiger partial charge in [0.2, 0.25) is 0 Å². The van der Waals surface area contributed by atoms with Crippen molar-refractivity contribution < 1.29 is 4.74 Å². The molecule has 1 N–H and O–H groups in total. The lowest BCUT2D eigenvalue weighted by Gasteiger charge is -2.25. The number of rotatable bonds is 5. The minimum absolute atomic E-state index is 0.652. The first-order valence-electron chi connectivity index (χ1n) is 6.45. The number of nitrogens with zero attached hydrogens (tertiary/aromatic N) is 1. The summed E-state index contributed by atoms with van der Waals surface area (Å²) in [6.45, 7) is 3.22. The van der Waals surface area contributed by atoms with E-state index >= 15 is 0 Å². The van der Waals surface area contributed by atoms with Crippen LogP contribution in [0.1, 0.15) is 18.4 Å². The molecule has 1 unspecified atom stereocenters. The van der Waals surface area contributed by atoms with E-state index in [1.165, 1.54) is 24.9 Å². The second-order valence-electron chi connectivity index (χ2n) is 4.78. The van der Waals surface area contributed by atoms with Gasteiger partial charge in [-0.05, 0) is 44.6 Å². The molecule has 0 aromatic heterocycles. The average Bonchev–Trinajstić information content (AvgIpc) is 2.78. The number of likely N-dealkylation sites (tertiary alicyclic amines) is 1. The van der Waals surface area contributed by atoms with Crippen molar-refractivity contribution >= 4 is 15.9 Å². The van der Waals surface area contributed by atoms with Gasteiger partial charge in [0.05, 0.1) is 7.11 Å². The SMILES string of the molecule is CNCC1CCCN1Cc1cc(Br)ccc1OC. The van der Waals surface area contributed by atoms with E-state index < -0.39 is 0 Å². The highest BCUT2D eigenvalue weighted by Gasteiger charge is 2.24. The van der Waals surface area contributed by atoms with E-state index in [1.807, 2.05) is 19.2 Å². The molecular weight excluding hydrogens is 292 g/mol. The first kappa shape index (κ1) is 13.8. The normalized spacial score (nSPS) is 20.3. The van der Waals surface area contributed by atoms with Crippen molar-refractivity contribution in [1.82, 2.24) is 10.2 Å². The van der Waals surface area contributed by atoms with Gasteiger partial charge < -0.3 is 10.1 Å². The Kier molecular flexibility index (Phi) is 5.03. The summed E-state index contributed by atoms with van der Waals surface area (Å²) in [7, 11) is 3.76. The molecule has 4 heteroatoms. The Labute approximate surface area is 118 Å². The zero-order valence-electron chi connectivity index (χ0n) is 11.1. The lowest BCUT2D eigenvalue weighted by atomic mass is 10.1. The van der Waals surface area contributed by atoms with Crippen LogP contribution in [0.25, 0.3) is 0 Å². The topological polar surface area (TPSA) is 24.5 Å². The van der Waals surface area contributed by atoms with Crippen LogP contribution in [0.5, 0.6) is 5.75 Å². The van der Waals surface area contributed by atoms with Gasteiger partial charge in [-0.15, -0.1) is 0 Å². The molecule has 1 aliphatic rings. The summed E-state index contributed by atoms with van der Waals surface area (Å²) in [6.07, 6.45) is 2.58. The number of ether oxygens (including phenoxy) is 1. The highest BCUT2D eigenvalue weighted by atomic mass is 79.9. The van der Waals surface area contributed by atoms with Crippen molar-refractivity contribution in [2.45, 2.75) is 25.4 Å². The summed E-state index contributed by atoms with van der Waals surface area (Å²) in [4.78, 5) is 2.54. The van der Waals surface area contributed by atoms with Crippen molar-refractivity contribution in [2.75, 3.05) is 27.2 Å². The van der Waals surface area contributed by atoms with Crippen LogP contribution in [0.15, 0.2) is 22.7 Å². The van der Waals surface area contributed by atoms with Crippen LogP contribution in [0, 0.1) is 0 Å². The third-order valence-electron chi connectivity index (χ3n) is 3.55. The minimum atomic E-state index is 0.652. The molecule has 2 rings (SSSR count). The highest BCUT2D eigenvalue weighted by molar-refractivity contribution is 9.10. The number of nitrogens with one attached hydrogen (secondary N) is 1. The zero-order chi connectivity index (χ0) is 13.0. The van der Waals surface area contributed by atoms with E-state index in [2.05, 4.69) is 32.2 Å². The fraction of sp³-hybridized carbons (Fsp3) is 0.571. The summed E-state index contributed by atoms with van der Waals surface area (Å²) >= 11 is 3.53. The Bertz CT molecular complexity index is 397. The van der Waals surface area contributed by atoms with E-state index in [1.54, 1.807) is 7.11 Å². The monoisotopic (exact) mass is 312 g/mol. The van der Waals surface area contributed by atoms with Crippen LogP contribution in [-0.4, -0.2) is 38.2 Å². The second-order valence-corrected chi connectivity index (χ2v) is 5.70. The van der Waals surface area contributed by atoms with Gasteiger partial charge >= 0.3 is 0 Å². The first-order valence-corrected chi connectivity index (χ1v) is 7.25. The Balaban J connectivity index is 2.10. The Morgan fingerprint density at radius 2 is 2.33 bits per heavy atom. The molecule has 1 aromatic rings. The molecule has 0 aliphatic carbocycles. The molecule has 18 heavy (non-hydrogen) atoms. The predicted octanol–water partition coefficient (Wildman–Crippen LogP) is 2.64. The molecule has 100 valence electrons. The van der Waals surface area contributed by atoms with Crippen LogP contribution in [0.4, 0.5) is 0 Å². The van der Waals surface area contributed by atoms with E-state index in [-0.39, 0.29) is 0 Å². The third kappa shape index (κ3) is 3.25. The number of halogens is 1. The second kappa shape index (κ2) is 6.55. The lowest BCUT2D eigenvalue weighted by molar-refractivity contribution is 0.238. The van der Waals surface area contributed by atoms with Crippen LogP contribution in [-0.2, 0) is 6.54 Å². The molecule has 1 atom stereocenters. The van der Waals surface area contributed by atoms with Crippen molar-refractivity contribution in [3.63, 3.8) is 0 Å². The molecule has 0 amide bonds. The Morgan fingerprint density at radius 3 is 3.06 bits per heavy atom. The molecule has 1 aromatic carbocycles. The molecular formula is C14H21BrN2O. The third-order valence-corrected chi connectivity index (χ3v) is 4.05. The number of likely N-dealkylation sites (N-methyl/N-ethyl adjacent to an activating group) is 1. The van der Waals surface area contributed by atoms with Crippen molar-refractivity contribution in [3.8, 4) is 5.75 Å². The molecule has 1 fully saturated rings. The van der Waals surface area contributed by atoms with Gasteiger partial charge in [0.1, 0.15) is 5.75 Å². The zero-order valence-corrected chi connectivity index (χ0v) is 12.7. The fourth-order valence-corrected chi connectivity index (χ4v) is 3.07. The molecule has 0 radical (unpaired) electrons. The summed E-state index contributed by atoms with van der Waals surface area (Å²) in [5.74, 6) is 0.980. The van der Waals surface area contributed by atoms with Gasteiger partial charge in [0.15, 0.2) is 0 Å². The van der Waals surface area contributed by atoms with E-state index in [4.69, 9.17) is 4.74 Å². The van der Waals surface area contributed by atoms with Crippen LogP contribution in [0.2, 0.25) is 0 Å². The maximum atomic E-state index is 5.44. The maximum absolute atomic E-state index is 5.44. The number of hydrogen-bond donors (Lipinski definition) is 1. The molecule has 1 heterocycles. The smallest absolute Gasteiger partial charge is 0.123 e. The predicted molar refractivity (Wildman–Crippen MR) is 78.1 cm³/mol. The largest absolute Gasteiger partial charge is 0.496 e. The molecule has 1 aliphatic heterocycles. The standard InChI is InChI=1S/C14H21BrN2O/c1-16-9-13-4-3-7-17(13)10-11-8-12(15)5-6-14(11)18-2/h5-6,8,13,16H,3-4,7,9-10H2,1-2H3. The molecule has 0 spiro atoms. The fourth-order valence-electron chi connectivity index (χ4n) is 2.66. The summed E-state index contributed by atoms with van der Waals surface area (Å²) in [5.41, 5.74) is 1.26. The number of benzene rings is 1. The van der Waals surface area contributed by atoms with Gasteiger partial charge in [-0.3, -0.25) is 4.90 Å². The Hall–Kier alpha value is -0.580. The van der Waals surface area contributed by atoms with Crippen LogP contribution in [0.3, 0.4) is 0 Å². The van der Waals surface area contributed by atoms with Gasteiger partial charge in [0.25, 0.3) is 0 Å². The molecule has 3 nitrogen and oxygen atoms in total. The van der Waals surface area contributed by atoms with Crippen LogP contribution >= 0.6 is 15.9 Å². The average molecular weight is 313 g/mol. The number of methoxy groups -OCH3 is 1. The van der Waals surface area contributed by atoms with Gasteiger partial charge in [-0.25, -0.2) is 0 Å². The van der Waals surface area contributed by atoms with Crippen molar-refractivity contribution in [2.24, 2.45) is 0 Å². The quantitative estimate of drug-likeness (QED) is 0.904. The summed E-state index contributed by atoms with van der Waals surface area (Å²) < 4.78 is 6.56. The molecule has 1 saturated heterocycles. The van der Waals surface area contributed by atoms with Crippen molar-refractivity contribution in [1.29, 1.82) is 0 Å². The van der Waals surface area contributed by atoms with Gasteiger partial charge in [0, 0.05) is 29.2 Å². The minimum Gasteiger partial charge on any atom is -0.496 e. The number of hydrogen-bond acceptors (Lipinski definition) is 3. The summed E-state index contributed by atoms with van der Waals surface area (Å²) in [5, 5.41) is 3.28. The van der Waals surface area contributed by atoms with E-state index in [0.29, 0.717) is 6.04 Å². The summed E-state index contributed by atoms with van der Waals surface area (Å²) in [6, 6.07) is 6.87. The van der Waals surface area contributed by atoms with E-state index in [9.17, 15) is 0 Å². The maximum Gasteiger partial charge on any atom is 0.123 e. The highest BCUT2D eigenvalue weighted by Crippen LogP contribution is 2.27. The lowest BCUT2D eigenvalue weighted by Crippen LogP contribution is -2.36. The van der Waals surface area contributed by atoms with Gasteiger partial charge in [-0.1, -0.05) is 15.9 Å². The van der Waals surface area contributed by atoms with Crippen LogP contribution < -0.4 is 10.1 Å². The van der Waals surface area contributed by atoms with E-state index in [0.717, 1.165) is 23.3 Å².